The molecular weight excluding hydrogens is 301 g/mol. The molecule has 0 rings (SSSR count). The molecule has 0 unspecified atom stereocenters. The molecule has 4 heteroatoms. The molecule has 0 atom stereocenters. The summed E-state index contributed by atoms with van der Waals surface area (Å²) in [7, 11) is 0. The van der Waals surface area contributed by atoms with Crippen molar-refractivity contribution in [1.29, 1.82) is 0 Å². The molecule has 0 aromatic carbocycles. The molecule has 0 amide bonds. The Morgan fingerprint density at radius 2 is 1.00 bits per heavy atom. The molecule has 0 spiro atoms. The third-order valence-electron chi connectivity index (χ3n) is 0. The van der Waals surface area contributed by atoms with E-state index in [9.17, 15) is 0 Å². The van der Waals surface area contributed by atoms with Crippen molar-refractivity contribution in [3.05, 3.63) is 0 Å². The van der Waals surface area contributed by atoms with Gasteiger partial charge in [-0.2, -0.15) is 0 Å². The van der Waals surface area contributed by atoms with E-state index in [0.717, 1.165) is 0 Å². The van der Waals surface area contributed by atoms with Crippen molar-refractivity contribution in [2.24, 2.45) is 0 Å². The summed E-state index contributed by atoms with van der Waals surface area (Å²) in [4.78, 5) is 0. The van der Waals surface area contributed by atoms with Crippen LogP contribution in [0.15, 0.2) is 0 Å². The van der Waals surface area contributed by atoms with Crippen LogP contribution in [0.3, 0.4) is 0 Å². The second-order valence-electron chi connectivity index (χ2n) is 0. The summed E-state index contributed by atoms with van der Waals surface area (Å²) in [6.07, 6.45) is 0. The quantitative estimate of drug-likeness (QED) is 0.516. The fourth-order valence-electron chi connectivity index (χ4n) is 0. The van der Waals surface area contributed by atoms with Gasteiger partial charge in [0.25, 0.3) is 0 Å². The first kappa shape index (κ1) is 31.4. The van der Waals surface area contributed by atoms with Crippen LogP contribution in [-0.2, 0) is 38.1 Å². The average Bonchev–Trinajstić information content (AvgIpc) is 0. The Labute approximate surface area is 77.5 Å². The van der Waals surface area contributed by atoms with E-state index in [-0.39, 0.29) is 78.5 Å². The topological polar surface area (TPSA) is 0 Å². The Hall–Kier alpha value is 2.51. The molecule has 0 bridgehead atoms. The summed E-state index contributed by atoms with van der Waals surface area (Å²) < 4.78 is 0. The number of rotatable bonds is 0. The molecule has 22 valence electrons. The van der Waals surface area contributed by atoms with Crippen molar-refractivity contribution >= 4 is 40.4 Å². The fraction of sp³-hybridized carbons (Fsp3) is 0. The summed E-state index contributed by atoms with van der Waals surface area (Å²) in [5.74, 6) is 0. The van der Waals surface area contributed by atoms with Crippen molar-refractivity contribution in [1.82, 2.24) is 0 Å². The van der Waals surface area contributed by atoms with Crippen molar-refractivity contribution in [2.75, 3.05) is 0 Å². The van der Waals surface area contributed by atoms with Crippen LogP contribution < -0.4 is 0 Å². The SMILES string of the molecule is [Al].[Mg].[Mn].[Pt]. The zero-order valence-corrected chi connectivity index (χ0v) is 8.00. The van der Waals surface area contributed by atoms with Gasteiger partial charge >= 0.3 is 0 Å². The molecule has 0 saturated carbocycles. The Morgan fingerprint density at radius 3 is 1.00 bits per heavy atom. The van der Waals surface area contributed by atoms with E-state index in [1.54, 1.807) is 0 Å². The van der Waals surface area contributed by atoms with Crippen LogP contribution in [0.4, 0.5) is 0 Å². The monoisotopic (exact) mass is 301 g/mol. The van der Waals surface area contributed by atoms with Gasteiger partial charge in [0.2, 0.25) is 0 Å². The maximum atomic E-state index is 0. The normalized spacial score (nSPS) is 0. The third kappa shape index (κ3) is 8.82. The molecule has 0 aliphatic rings. The smallest absolute Gasteiger partial charge is 0 e. The summed E-state index contributed by atoms with van der Waals surface area (Å²) in [5, 5.41) is 0. The van der Waals surface area contributed by atoms with Gasteiger partial charge < -0.3 is 0 Å². The molecule has 0 heterocycles. The van der Waals surface area contributed by atoms with Crippen molar-refractivity contribution < 1.29 is 38.1 Å². The minimum absolute atomic E-state index is 0. The molecule has 0 nitrogen and oxygen atoms in total. The van der Waals surface area contributed by atoms with Crippen molar-refractivity contribution in [3.63, 3.8) is 0 Å². The average molecular weight is 301 g/mol. The Bertz CT molecular complexity index is 8.00. The molecule has 0 aromatic rings. The van der Waals surface area contributed by atoms with Crippen LogP contribution in [0, 0.1) is 0 Å². The zero-order valence-electron chi connectivity index (χ0n) is 1.98. The second kappa shape index (κ2) is 17.8. The van der Waals surface area contributed by atoms with Gasteiger partial charge in [-0.3, -0.25) is 0 Å². The molecule has 0 N–H and O–H groups in total. The molecule has 0 aliphatic carbocycles. The summed E-state index contributed by atoms with van der Waals surface area (Å²) in [6.45, 7) is 0. The first-order chi connectivity index (χ1) is 0. The second-order valence-corrected chi connectivity index (χ2v) is 0. The van der Waals surface area contributed by atoms with Gasteiger partial charge in [-0.15, -0.1) is 0 Å². The van der Waals surface area contributed by atoms with Crippen LogP contribution in [-0.4, -0.2) is 40.4 Å². The Balaban J connectivity index is 0. The molecule has 4 heavy (non-hydrogen) atoms. The first-order valence-corrected chi connectivity index (χ1v) is 0. The van der Waals surface area contributed by atoms with Crippen molar-refractivity contribution in [3.8, 4) is 0 Å². The fourth-order valence-corrected chi connectivity index (χ4v) is 0. The van der Waals surface area contributed by atoms with Gasteiger partial charge in [-0.05, 0) is 0 Å². The van der Waals surface area contributed by atoms with Crippen LogP contribution in [0.25, 0.3) is 0 Å². The first-order valence-electron chi connectivity index (χ1n) is 0. The third-order valence-corrected chi connectivity index (χ3v) is 0. The van der Waals surface area contributed by atoms with Gasteiger partial charge in [0, 0.05) is 78.5 Å². The standard InChI is InChI=1S/Al.Mg.Mn.Pt. The van der Waals surface area contributed by atoms with Gasteiger partial charge in [0.1, 0.15) is 0 Å². The van der Waals surface area contributed by atoms with E-state index in [0.29, 0.717) is 0 Å². The number of hydrogen-bond acceptors (Lipinski definition) is 0. The summed E-state index contributed by atoms with van der Waals surface area (Å²) >= 11 is 0. The molecule has 0 aliphatic heterocycles. The van der Waals surface area contributed by atoms with Gasteiger partial charge in [-0.1, -0.05) is 0 Å². The van der Waals surface area contributed by atoms with Crippen LogP contribution in [0.1, 0.15) is 0 Å². The molecule has 0 saturated heterocycles. The van der Waals surface area contributed by atoms with Crippen LogP contribution >= 0.6 is 0 Å². The van der Waals surface area contributed by atoms with Crippen molar-refractivity contribution in [2.45, 2.75) is 0 Å². The minimum atomic E-state index is 0. The maximum Gasteiger partial charge on any atom is 0 e. The van der Waals surface area contributed by atoms with E-state index in [2.05, 4.69) is 0 Å². The largest absolute Gasteiger partial charge is 0 e. The van der Waals surface area contributed by atoms with E-state index in [1.165, 1.54) is 0 Å². The predicted octanol–water partition coefficient (Wildman–Crippen LogP) is -0.767. The Morgan fingerprint density at radius 1 is 1.00 bits per heavy atom. The number of hydrogen-bond donors (Lipinski definition) is 0. The zero-order chi connectivity index (χ0) is 0. The van der Waals surface area contributed by atoms with Crippen LogP contribution in [0.5, 0.6) is 0 Å². The van der Waals surface area contributed by atoms with Gasteiger partial charge in [-0.25, -0.2) is 0 Å². The molecule has 6 radical (unpaired) electrons. The van der Waals surface area contributed by atoms with E-state index < -0.39 is 0 Å². The molecule has 0 aromatic heterocycles. The predicted molar refractivity (Wildman–Crippen MR) is 11.5 cm³/mol. The van der Waals surface area contributed by atoms with E-state index in [4.69, 9.17) is 0 Å². The van der Waals surface area contributed by atoms with E-state index >= 15 is 0 Å². The molecular formula is AlMgMnPt. The van der Waals surface area contributed by atoms with Gasteiger partial charge in [0.15, 0.2) is 0 Å². The van der Waals surface area contributed by atoms with Gasteiger partial charge in [0.05, 0.1) is 0 Å². The summed E-state index contributed by atoms with van der Waals surface area (Å²) in [5.41, 5.74) is 0. The maximum absolute atomic E-state index is 0. The molecule has 0 fully saturated rings. The van der Waals surface area contributed by atoms with E-state index in [1.807, 2.05) is 0 Å². The van der Waals surface area contributed by atoms with Crippen LogP contribution in [0.2, 0.25) is 0 Å². The minimum Gasteiger partial charge on any atom is 0 e. The Kier molecular flexibility index (Phi) is 140. The summed E-state index contributed by atoms with van der Waals surface area (Å²) in [6, 6.07) is 0.